The van der Waals surface area contributed by atoms with E-state index >= 15 is 0 Å². The second kappa shape index (κ2) is 6.89. The fourth-order valence-corrected chi connectivity index (χ4v) is 3.19. The summed E-state index contributed by atoms with van der Waals surface area (Å²) in [5, 5.41) is 0. The molecule has 0 saturated heterocycles. The normalized spacial score (nSPS) is 21.9. The summed E-state index contributed by atoms with van der Waals surface area (Å²) in [7, 11) is 1.91. The highest BCUT2D eigenvalue weighted by atomic mass is 16.2. The molecule has 0 bridgehead atoms. The number of carbonyl (C=O) groups is 1. The molecule has 0 aliphatic heterocycles. The molecular weight excluding hydrogens is 264 g/mol. The molecule has 5 nitrogen and oxygen atoms in total. The van der Waals surface area contributed by atoms with E-state index in [1.54, 1.807) is 6.07 Å². The Balaban J connectivity index is 2.22. The van der Waals surface area contributed by atoms with Crippen LogP contribution in [0.3, 0.4) is 0 Å². The minimum atomic E-state index is 0.0577. The van der Waals surface area contributed by atoms with Crippen LogP contribution < -0.4 is 11.3 Å². The second-order valence-corrected chi connectivity index (χ2v) is 5.98. The van der Waals surface area contributed by atoms with Gasteiger partial charge in [-0.1, -0.05) is 26.7 Å². The van der Waals surface area contributed by atoms with Crippen LogP contribution in [0.2, 0.25) is 0 Å². The Labute approximate surface area is 126 Å². The monoisotopic (exact) mass is 290 g/mol. The van der Waals surface area contributed by atoms with E-state index in [0.29, 0.717) is 23.3 Å². The van der Waals surface area contributed by atoms with Crippen molar-refractivity contribution in [3.8, 4) is 0 Å². The van der Waals surface area contributed by atoms with Crippen LogP contribution in [0.5, 0.6) is 0 Å². The molecular formula is C16H26N4O. The number of amides is 1. The van der Waals surface area contributed by atoms with Crippen molar-refractivity contribution in [1.82, 2.24) is 9.88 Å². The highest BCUT2D eigenvalue weighted by Crippen LogP contribution is 2.28. The lowest BCUT2D eigenvalue weighted by Gasteiger charge is -2.36. The summed E-state index contributed by atoms with van der Waals surface area (Å²) >= 11 is 0. The van der Waals surface area contributed by atoms with Crippen molar-refractivity contribution in [2.45, 2.75) is 52.0 Å². The Morgan fingerprint density at radius 1 is 1.43 bits per heavy atom. The molecule has 0 spiro atoms. The first-order valence-corrected chi connectivity index (χ1v) is 7.81. The first kappa shape index (κ1) is 15.8. The van der Waals surface area contributed by atoms with Gasteiger partial charge in [-0.05, 0) is 37.3 Å². The van der Waals surface area contributed by atoms with Gasteiger partial charge in [-0.3, -0.25) is 4.79 Å². The first-order chi connectivity index (χ1) is 10.1. The predicted molar refractivity (Wildman–Crippen MR) is 84.9 cm³/mol. The number of hydrazine groups is 1. The average molecular weight is 290 g/mol. The molecule has 1 aliphatic carbocycles. The number of aryl methyl sites for hydroxylation is 1. The number of carbonyl (C=O) groups excluding carboxylic acids is 1. The van der Waals surface area contributed by atoms with Gasteiger partial charge in [-0.15, -0.1) is 0 Å². The summed E-state index contributed by atoms with van der Waals surface area (Å²) in [6, 6.07) is 3.93. The standard InChI is InChI=1S/C16H26N4O/c1-4-13-9-12(10-15(18-13)19-17)16(21)20(3)14-8-6-5-7-11(14)2/h9-11,14H,4-8,17H2,1-3H3,(H,18,19). The van der Waals surface area contributed by atoms with Crippen LogP contribution in [0.25, 0.3) is 0 Å². The number of nitrogens with two attached hydrogens (primary N) is 1. The molecule has 3 N–H and O–H groups in total. The maximum Gasteiger partial charge on any atom is 0.254 e. The number of rotatable bonds is 4. The topological polar surface area (TPSA) is 71.2 Å². The summed E-state index contributed by atoms with van der Waals surface area (Å²) in [6.07, 6.45) is 5.56. The van der Waals surface area contributed by atoms with Crippen LogP contribution >= 0.6 is 0 Å². The van der Waals surface area contributed by atoms with Gasteiger partial charge in [-0.2, -0.15) is 0 Å². The molecule has 1 aliphatic rings. The molecule has 21 heavy (non-hydrogen) atoms. The van der Waals surface area contributed by atoms with Crippen molar-refractivity contribution >= 4 is 11.7 Å². The Kier molecular flexibility index (Phi) is 5.17. The van der Waals surface area contributed by atoms with Gasteiger partial charge >= 0.3 is 0 Å². The van der Waals surface area contributed by atoms with E-state index in [-0.39, 0.29) is 5.91 Å². The van der Waals surface area contributed by atoms with E-state index in [0.717, 1.165) is 18.5 Å². The smallest absolute Gasteiger partial charge is 0.254 e. The molecule has 1 fully saturated rings. The first-order valence-electron chi connectivity index (χ1n) is 7.81. The number of hydrogen-bond donors (Lipinski definition) is 2. The van der Waals surface area contributed by atoms with Gasteiger partial charge in [0.2, 0.25) is 0 Å². The number of anilines is 1. The number of nitrogens with one attached hydrogen (secondary N) is 1. The lowest BCUT2D eigenvalue weighted by atomic mass is 9.85. The van der Waals surface area contributed by atoms with Gasteiger partial charge in [0, 0.05) is 24.3 Å². The maximum atomic E-state index is 12.8. The molecule has 2 unspecified atom stereocenters. The maximum absolute atomic E-state index is 12.8. The highest BCUT2D eigenvalue weighted by Gasteiger charge is 2.28. The molecule has 1 amide bonds. The fraction of sp³-hybridized carbons (Fsp3) is 0.625. The SMILES string of the molecule is CCc1cc(C(=O)N(C)C2CCCCC2C)cc(NN)n1. The van der Waals surface area contributed by atoms with Gasteiger partial charge in [0.15, 0.2) is 0 Å². The Morgan fingerprint density at radius 3 is 2.76 bits per heavy atom. The van der Waals surface area contributed by atoms with E-state index < -0.39 is 0 Å². The third kappa shape index (κ3) is 3.53. The van der Waals surface area contributed by atoms with Gasteiger partial charge in [0.05, 0.1) is 0 Å². The average Bonchev–Trinajstić information content (AvgIpc) is 2.53. The number of hydrogen-bond acceptors (Lipinski definition) is 4. The van der Waals surface area contributed by atoms with Crippen molar-refractivity contribution in [3.05, 3.63) is 23.4 Å². The molecule has 0 radical (unpaired) electrons. The molecule has 0 aromatic carbocycles. The van der Waals surface area contributed by atoms with Gasteiger partial charge in [0.1, 0.15) is 5.82 Å². The lowest BCUT2D eigenvalue weighted by molar-refractivity contribution is 0.0629. The van der Waals surface area contributed by atoms with E-state index in [2.05, 4.69) is 17.3 Å². The Hall–Kier alpha value is -1.62. The molecule has 2 rings (SSSR count). The second-order valence-electron chi connectivity index (χ2n) is 5.98. The van der Waals surface area contributed by atoms with E-state index in [9.17, 15) is 4.79 Å². The predicted octanol–water partition coefficient (Wildman–Crippen LogP) is 2.58. The van der Waals surface area contributed by atoms with Gasteiger partial charge in [0.25, 0.3) is 5.91 Å². The number of nitrogen functional groups attached to an aromatic ring is 1. The van der Waals surface area contributed by atoms with Crippen molar-refractivity contribution in [2.75, 3.05) is 12.5 Å². The van der Waals surface area contributed by atoms with Crippen LogP contribution in [0.4, 0.5) is 5.82 Å². The van der Waals surface area contributed by atoms with Crippen molar-refractivity contribution in [2.24, 2.45) is 11.8 Å². The van der Waals surface area contributed by atoms with Crippen LogP contribution in [-0.4, -0.2) is 28.9 Å². The molecule has 116 valence electrons. The zero-order valence-corrected chi connectivity index (χ0v) is 13.2. The summed E-state index contributed by atoms with van der Waals surface area (Å²) in [4.78, 5) is 19.0. The quantitative estimate of drug-likeness (QED) is 0.660. The van der Waals surface area contributed by atoms with E-state index in [4.69, 9.17) is 5.84 Å². The van der Waals surface area contributed by atoms with Crippen molar-refractivity contribution < 1.29 is 4.79 Å². The third-order valence-electron chi connectivity index (χ3n) is 4.52. The minimum Gasteiger partial charge on any atom is -0.338 e. The van der Waals surface area contributed by atoms with E-state index in [1.807, 2.05) is 24.9 Å². The zero-order chi connectivity index (χ0) is 15.4. The van der Waals surface area contributed by atoms with Gasteiger partial charge in [-0.25, -0.2) is 10.8 Å². The minimum absolute atomic E-state index is 0.0577. The fourth-order valence-electron chi connectivity index (χ4n) is 3.19. The van der Waals surface area contributed by atoms with Crippen LogP contribution in [0.1, 0.15) is 55.6 Å². The molecule has 1 heterocycles. The lowest BCUT2D eigenvalue weighted by Crippen LogP contribution is -2.42. The molecule has 1 saturated carbocycles. The Bertz CT molecular complexity index is 481. The Morgan fingerprint density at radius 2 is 2.14 bits per heavy atom. The van der Waals surface area contributed by atoms with Crippen LogP contribution in [-0.2, 0) is 6.42 Å². The van der Waals surface area contributed by atoms with Crippen LogP contribution in [0, 0.1) is 5.92 Å². The van der Waals surface area contributed by atoms with Crippen molar-refractivity contribution in [1.29, 1.82) is 0 Å². The summed E-state index contributed by atoms with van der Waals surface area (Å²) in [5.41, 5.74) is 4.08. The number of pyridine rings is 1. The highest BCUT2D eigenvalue weighted by molar-refractivity contribution is 5.95. The molecule has 2 atom stereocenters. The zero-order valence-electron chi connectivity index (χ0n) is 13.2. The largest absolute Gasteiger partial charge is 0.338 e. The van der Waals surface area contributed by atoms with Crippen molar-refractivity contribution in [3.63, 3.8) is 0 Å². The summed E-state index contributed by atoms with van der Waals surface area (Å²) in [5.74, 6) is 6.61. The number of nitrogens with zero attached hydrogens (tertiary/aromatic N) is 2. The molecule has 1 aromatic rings. The third-order valence-corrected chi connectivity index (χ3v) is 4.52. The number of aromatic nitrogens is 1. The van der Waals surface area contributed by atoms with Gasteiger partial charge < -0.3 is 10.3 Å². The summed E-state index contributed by atoms with van der Waals surface area (Å²) in [6.45, 7) is 4.26. The molecule has 5 heteroatoms. The van der Waals surface area contributed by atoms with E-state index in [1.165, 1.54) is 19.3 Å². The summed E-state index contributed by atoms with van der Waals surface area (Å²) < 4.78 is 0. The van der Waals surface area contributed by atoms with Crippen LogP contribution in [0.15, 0.2) is 12.1 Å². The molecule has 1 aromatic heterocycles.